The summed E-state index contributed by atoms with van der Waals surface area (Å²) in [6.07, 6.45) is 2.73. The maximum atomic E-state index is 12.7. The lowest BCUT2D eigenvalue weighted by atomic mass is 9.77. The monoisotopic (exact) mass is 403 g/mol. The first kappa shape index (κ1) is 20.6. The van der Waals surface area contributed by atoms with E-state index < -0.39 is 36.0 Å². The molecule has 156 valence electrons. The number of para-hydroxylation sites is 1. The zero-order chi connectivity index (χ0) is 21.0. The Bertz CT molecular complexity index is 816. The normalized spacial score (nSPS) is 23.7. The number of hydrogen-bond acceptors (Lipinski definition) is 6. The summed E-state index contributed by atoms with van der Waals surface area (Å²) < 4.78 is 10.2. The molecule has 0 unspecified atom stereocenters. The average Bonchev–Trinajstić information content (AvgIpc) is 2.92. The van der Waals surface area contributed by atoms with E-state index in [2.05, 4.69) is 17.7 Å². The predicted octanol–water partition coefficient (Wildman–Crippen LogP) is 1.45. The Morgan fingerprint density at radius 3 is 2.59 bits per heavy atom. The number of hydrogen-bond donors (Lipinski definition) is 2. The van der Waals surface area contributed by atoms with Gasteiger partial charge in [0.25, 0.3) is 11.8 Å². The number of hydrazine groups is 1. The van der Waals surface area contributed by atoms with Crippen molar-refractivity contribution >= 4 is 23.8 Å². The number of nitrogens with one attached hydrogen (secondary N) is 2. The van der Waals surface area contributed by atoms with E-state index in [1.807, 2.05) is 19.1 Å². The molecular formula is C20H25N3O6. The van der Waals surface area contributed by atoms with Gasteiger partial charge in [0.15, 0.2) is 13.2 Å². The van der Waals surface area contributed by atoms with Crippen molar-refractivity contribution in [3.05, 3.63) is 29.8 Å². The lowest BCUT2D eigenvalue weighted by Crippen LogP contribution is -2.52. The summed E-state index contributed by atoms with van der Waals surface area (Å²) in [6.45, 7) is 2.95. The minimum Gasteiger partial charge on any atom is -0.482 e. The topological polar surface area (TPSA) is 114 Å². The van der Waals surface area contributed by atoms with Crippen LogP contribution in [0.3, 0.4) is 0 Å². The molecule has 1 aromatic rings. The number of ether oxygens (including phenoxy) is 2. The molecule has 0 atom stereocenters. The van der Waals surface area contributed by atoms with E-state index in [9.17, 15) is 19.2 Å². The van der Waals surface area contributed by atoms with Crippen molar-refractivity contribution in [3.63, 3.8) is 0 Å². The number of benzene rings is 1. The molecule has 2 N–H and O–H groups in total. The third kappa shape index (κ3) is 4.67. The van der Waals surface area contributed by atoms with Crippen LogP contribution in [-0.2, 0) is 19.1 Å². The van der Waals surface area contributed by atoms with Crippen molar-refractivity contribution < 1.29 is 28.7 Å². The van der Waals surface area contributed by atoms with Gasteiger partial charge in [-0.15, -0.1) is 0 Å². The first-order valence-corrected chi connectivity index (χ1v) is 9.61. The smallest absolute Gasteiger partial charge is 0.344 e. The number of carbonyl (C=O) groups is 4. The second-order valence-electron chi connectivity index (χ2n) is 7.59. The van der Waals surface area contributed by atoms with Crippen LogP contribution in [0.5, 0.6) is 5.75 Å². The number of urea groups is 1. The van der Waals surface area contributed by atoms with E-state index in [1.165, 1.54) is 0 Å². The van der Waals surface area contributed by atoms with Crippen molar-refractivity contribution in [2.75, 3.05) is 13.2 Å². The molecule has 0 radical (unpaired) electrons. The number of amides is 4. The summed E-state index contributed by atoms with van der Waals surface area (Å²) >= 11 is 0. The molecule has 1 aromatic carbocycles. The van der Waals surface area contributed by atoms with Crippen LogP contribution < -0.4 is 15.5 Å². The lowest BCUT2D eigenvalue weighted by molar-refractivity contribution is -0.152. The van der Waals surface area contributed by atoms with E-state index in [0.717, 1.165) is 18.4 Å². The number of imide groups is 1. The van der Waals surface area contributed by atoms with E-state index in [1.54, 1.807) is 12.1 Å². The number of nitrogens with zero attached hydrogens (tertiary/aromatic N) is 1. The average molecular weight is 403 g/mol. The van der Waals surface area contributed by atoms with Gasteiger partial charge >= 0.3 is 12.0 Å². The molecule has 1 aliphatic carbocycles. The maximum absolute atomic E-state index is 12.7. The van der Waals surface area contributed by atoms with Gasteiger partial charge in [-0.25, -0.2) is 9.59 Å². The fourth-order valence-corrected chi connectivity index (χ4v) is 3.52. The molecule has 2 aliphatic rings. The van der Waals surface area contributed by atoms with E-state index in [-0.39, 0.29) is 6.61 Å². The Balaban J connectivity index is 1.45. The molecule has 3 rings (SSSR count). The Labute approximate surface area is 168 Å². The van der Waals surface area contributed by atoms with Gasteiger partial charge in [-0.1, -0.05) is 25.1 Å². The molecule has 1 saturated carbocycles. The van der Waals surface area contributed by atoms with E-state index in [4.69, 9.17) is 9.47 Å². The largest absolute Gasteiger partial charge is 0.482 e. The number of aryl methyl sites for hydroxylation is 1. The number of carbonyl (C=O) groups excluding carboxylic acids is 4. The van der Waals surface area contributed by atoms with Gasteiger partial charge in [0.05, 0.1) is 0 Å². The first-order valence-electron chi connectivity index (χ1n) is 9.61. The van der Waals surface area contributed by atoms with Crippen LogP contribution in [0.25, 0.3) is 0 Å². The number of rotatable bonds is 6. The summed E-state index contributed by atoms with van der Waals surface area (Å²) in [7, 11) is 0. The highest BCUT2D eigenvalue weighted by Gasteiger charge is 2.52. The predicted molar refractivity (Wildman–Crippen MR) is 102 cm³/mol. The molecule has 9 heteroatoms. The van der Waals surface area contributed by atoms with Crippen molar-refractivity contribution in [3.8, 4) is 5.75 Å². The summed E-state index contributed by atoms with van der Waals surface area (Å²) in [5, 5.41) is 3.38. The summed E-state index contributed by atoms with van der Waals surface area (Å²) in [5.41, 5.74) is 2.13. The van der Waals surface area contributed by atoms with Crippen LogP contribution in [0.15, 0.2) is 24.3 Å². The van der Waals surface area contributed by atoms with Crippen molar-refractivity contribution in [1.82, 2.24) is 15.8 Å². The summed E-state index contributed by atoms with van der Waals surface area (Å²) in [4.78, 5) is 48.6. The summed E-state index contributed by atoms with van der Waals surface area (Å²) in [6, 6.07) is 6.50. The Morgan fingerprint density at radius 2 is 1.90 bits per heavy atom. The van der Waals surface area contributed by atoms with Crippen LogP contribution in [0.1, 0.15) is 38.2 Å². The van der Waals surface area contributed by atoms with Crippen molar-refractivity contribution in [1.29, 1.82) is 0 Å². The molecule has 2 fully saturated rings. The number of esters is 1. The fraction of sp³-hybridized carbons (Fsp3) is 0.500. The van der Waals surface area contributed by atoms with Gasteiger partial charge in [-0.2, -0.15) is 5.01 Å². The van der Waals surface area contributed by atoms with Gasteiger partial charge in [0, 0.05) is 0 Å². The quantitative estimate of drug-likeness (QED) is 0.549. The highest BCUT2D eigenvalue weighted by Crippen LogP contribution is 2.35. The second-order valence-corrected chi connectivity index (χ2v) is 7.59. The van der Waals surface area contributed by atoms with Crippen molar-refractivity contribution in [2.24, 2.45) is 5.92 Å². The molecule has 1 spiro atoms. The van der Waals surface area contributed by atoms with Gasteiger partial charge in [-0.3, -0.25) is 15.0 Å². The standard InChI is InChI=1S/C20H25N3O6/c1-13-7-9-20(10-8-13)18(26)23(19(27)21-20)22-16(24)11-29-17(25)12-28-15-6-4-3-5-14(15)2/h3-6,13H,7-12H2,1-2H3,(H,21,27)(H,22,24). The van der Waals surface area contributed by atoms with Crippen LogP contribution in [-0.4, -0.2) is 47.6 Å². The van der Waals surface area contributed by atoms with Crippen LogP contribution in [0.2, 0.25) is 0 Å². The zero-order valence-corrected chi connectivity index (χ0v) is 16.5. The summed E-state index contributed by atoms with van der Waals surface area (Å²) in [5.74, 6) is -0.954. The molecule has 9 nitrogen and oxygen atoms in total. The van der Waals surface area contributed by atoms with Gasteiger partial charge in [-0.05, 0) is 50.2 Å². The molecule has 0 bridgehead atoms. The van der Waals surface area contributed by atoms with Crippen LogP contribution in [0, 0.1) is 12.8 Å². The van der Waals surface area contributed by atoms with Gasteiger partial charge in [0.2, 0.25) is 0 Å². The molecule has 0 aromatic heterocycles. The van der Waals surface area contributed by atoms with Crippen LogP contribution in [0.4, 0.5) is 4.79 Å². The minimum absolute atomic E-state index is 0.359. The van der Waals surface area contributed by atoms with Gasteiger partial charge in [0.1, 0.15) is 11.3 Å². The molecular weight excluding hydrogens is 378 g/mol. The minimum atomic E-state index is -0.949. The molecule has 1 saturated heterocycles. The Kier molecular flexibility index (Phi) is 6.05. The van der Waals surface area contributed by atoms with E-state index in [0.29, 0.717) is 29.5 Å². The Hall–Kier alpha value is -3.10. The zero-order valence-electron chi connectivity index (χ0n) is 16.5. The van der Waals surface area contributed by atoms with Crippen LogP contribution >= 0.6 is 0 Å². The first-order chi connectivity index (χ1) is 13.8. The molecule has 1 aliphatic heterocycles. The second kappa shape index (κ2) is 8.50. The van der Waals surface area contributed by atoms with E-state index >= 15 is 0 Å². The SMILES string of the molecule is Cc1ccccc1OCC(=O)OCC(=O)NN1C(=O)NC2(CCC(C)CC2)C1=O. The molecule has 4 amide bonds. The maximum Gasteiger partial charge on any atom is 0.344 e. The van der Waals surface area contributed by atoms with Crippen molar-refractivity contribution in [2.45, 2.75) is 45.1 Å². The highest BCUT2D eigenvalue weighted by molar-refractivity contribution is 6.08. The third-order valence-electron chi connectivity index (χ3n) is 5.33. The third-order valence-corrected chi connectivity index (χ3v) is 5.33. The molecule has 1 heterocycles. The molecule has 29 heavy (non-hydrogen) atoms. The highest BCUT2D eigenvalue weighted by atomic mass is 16.6. The van der Waals surface area contributed by atoms with Gasteiger partial charge < -0.3 is 14.8 Å². The Morgan fingerprint density at radius 1 is 1.21 bits per heavy atom. The fourth-order valence-electron chi connectivity index (χ4n) is 3.52. The lowest BCUT2D eigenvalue weighted by Gasteiger charge is -2.33.